The number of nitrogens with one attached hydrogen (secondary N) is 2. The van der Waals surface area contributed by atoms with E-state index in [-0.39, 0.29) is 30.4 Å². The van der Waals surface area contributed by atoms with Crippen LogP contribution in [0.3, 0.4) is 0 Å². The van der Waals surface area contributed by atoms with Crippen molar-refractivity contribution in [3.63, 3.8) is 0 Å². The molecule has 0 spiro atoms. The van der Waals surface area contributed by atoms with Crippen LogP contribution in [0.1, 0.15) is 59.3 Å². The van der Waals surface area contributed by atoms with Gasteiger partial charge in [-0.05, 0) is 56.6 Å². The molecule has 0 unspecified atom stereocenters. The van der Waals surface area contributed by atoms with Crippen molar-refractivity contribution >= 4 is 11.8 Å². The summed E-state index contributed by atoms with van der Waals surface area (Å²) in [6, 6.07) is 0. The van der Waals surface area contributed by atoms with Gasteiger partial charge in [0.1, 0.15) is 11.3 Å². The van der Waals surface area contributed by atoms with Gasteiger partial charge >= 0.3 is 12.1 Å². The van der Waals surface area contributed by atoms with Crippen LogP contribution in [-0.2, 0) is 14.3 Å². The van der Waals surface area contributed by atoms with Crippen molar-refractivity contribution in [1.82, 2.24) is 10.6 Å². The Morgan fingerprint density at radius 2 is 1.67 bits per heavy atom. The fraction of sp³-hybridized carbons (Fsp3) is 0.652. The fourth-order valence-electron chi connectivity index (χ4n) is 3.76. The normalized spacial score (nSPS) is 18.1. The molecule has 186 valence electrons. The number of alkyl halides is 5. The Kier molecular flexibility index (Phi) is 8.35. The Balaban J connectivity index is 2.29. The van der Waals surface area contributed by atoms with Crippen molar-refractivity contribution in [1.29, 1.82) is 0 Å². The van der Waals surface area contributed by atoms with Gasteiger partial charge in [0.15, 0.2) is 6.61 Å². The molecule has 0 aromatic rings. The van der Waals surface area contributed by atoms with Crippen LogP contribution in [0, 0.1) is 5.92 Å². The second-order valence-corrected chi connectivity index (χ2v) is 8.49. The Morgan fingerprint density at radius 1 is 1.06 bits per heavy atom. The standard InChI is InChI=1S/C23H31F5N2O3/c1-5-21(6-2,20(32)29-4)30-19(31)16-10-11-17(15-8-9-15)18(12-7-14(16)3)33-13-22(24,25)23(26,27)28/h10-11,15H,5-9,12-13H2,1-4H3,(H,29,32)(H,30,31). The highest BCUT2D eigenvalue weighted by Gasteiger charge is 2.58. The van der Waals surface area contributed by atoms with Gasteiger partial charge in [-0.3, -0.25) is 9.59 Å². The maximum atomic E-state index is 13.4. The summed E-state index contributed by atoms with van der Waals surface area (Å²) in [5.41, 5.74) is 0.402. The first kappa shape index (κ1) is 26.9. The lowest BCUT2D eigenvalue weighted by Crippen LogP contribution is -2.57. The molecule has 0 radical (unpaired) electrons. The maximum Gasteiger partial charge on any atom is 0.456 e. The zero-order valence-electron chi connectivity index (χ0n) is 19.3. The minimum absolute atomic E-state index is 0.00489. The van der Waals surface area contributed by atoms with Crippen molar-refractivity contribution in [2.45, 2.75) is 76.9 Å². The van der Waals surface area contributed by atoms with Gasteiger partial charge in [-0.25, -0.2) is 0 Å². The molecule has 10 heteroatoms. The van der Waals surface area contributed by atoms with Gasteiger partial charge in [-0.15, -0.1) is 0 Å². The molecule has 2 N–H and O–H groups in total. The summed E-state index contributed by atoms with van der Waals surface area (Å²) in [6.45, 7) is 3.49. The third-order valence-corrected chi connectivity index (χ3v) is 6.26. The number of carbonyl (C=O) groups is 2. The van der Waals surface area contributed by atoms with Gasteiger partial charge in [0.05, 0.1) is 0 Å². The quantitative estimate of drug-likeness (QED) is 0.461. The highest BCUT2D eigenvalue weighted by atomic mass is 19.4. The zero-order chi connectivity index (χ0) is 25.0. The molecule has 1 fully saturated rings. The largest absolute Gasteiger partial charge is 0.491 e. The number of carbonyl (C=O) groups excluding carboxylic acids is 2. The molecule has 0 aromatic carbocycles. The van der Waals surface area contributed by atoms with Crippen LogP contribution >= 0.6 is 0 Å². The van der Waals surface area contributed by atoms with Gasteiger partial charge in [0.25, 0.3) is 5.91 Å². The maximum absolute atomic E-state index is 13.4. The number of likely N-dealkylation sites (N-methyl/N-ethyl adjacent to an activating group) is 1. The van der Waals surface area contributed by atoms with Gasteiger partial charge in [0, 0.05) is 19.0 Å². The number of ether oxygens (including phenoxy) is 1. The van der Waals surface area contributed by atoms with E-state index in [1.54, 1.807) is 26.8 Å². The van der Waals surface area contributed by atoms with E-state index >= 15 is 0 Å². The van der Waals surface area contributed by atoms with Crippen molar-refractivity contribution < 1.29 is 36.3 Å². The van der Waals surface area contributed by atoms with E-state index in [1.807, 2.05) is 0 Å². The van der Waals surface area contributed by atoms with Gasteiger partial charge in [0.2, 0.25) is 5.91 Å². The molecule has 33 heavy (non-hydrogen) atoms. The highest BCUT2D eigenvalue weighted by molar-refractivity contribution is 6.01. The summed E-state index contributed by atoms with van der Waals surface area (Å²) in [4.78, 5) is 25.5. The zero-order valence-corrected chi connectivity index (χ0v) is 19.3. The molecule has 0 aromatic heterocycles. The van der Waals surface area contributed by atoms with Gasteiger partial charge in [-0.2, -0.15) is 22.0 Å². The van der Waals surface area contributed by atoms with Crippen LogP contribution < -0.4 is 10.6 Å². The molecular weight excluding hydrogens is 447 g/mol. The third kappa shape index (κ3) is 6.14. The molecule has 2 amide bonds. The van der Waals surface area contributed by atoms with Crippen LogP contribution in [-0.4, -0.2) is 43.1 Å². The van der Waals surface area contributed by atoms with E-state index in [0.717, 1.165) is 12.8 Å². The SMILES string of the molecule is CCC(CC)(NC(=O)C1=C(C)CCC(OCC(F)(F)C(F)(F)F)=C(C2CC2)C=C1)C(=O)NC. The summed E-state index contributed by atoms with van der Waals surface area (Å²) < 4.78 is 69.4. The predicted octanol–water partition coefficient (Wildman–Crippen LogP) is 4.95. The van der Waals surface area contributed by atoms with E-state index in [4.69, 9.17) is 4.74 Å². The number of halogens is 5. The van der Waals surface area contributed by atoms with Crippen LogP contribution in [0.5, 0.6) is 0 Å². The van der Waals surface area contributed by atoms with Crippen molar-refractivity contribution in [3.8, 4) is 0 Å². The minimum atomic E-state index is -5.69. The molecule has 5 nitrogen and oxygen atoms in total. The molecular formula is C23H31F5N2O3. The van der Waals surface area contributed by atoms with Crippen LogP contribution in [0.4, 0.5) is 22.0 Å². The lowest BCUT2D eigenvalue weighted by Gasteiger charge is -2.31. The van der Waals surface area contributed by atoms with Crippen LogP contribution in [0.2, 0.25) is 0 Å². The third-order valence-electron chi connectivity index (χ3n) is 6.26. The van der Waals surface area contributed by atoms with Crippen molar-refractivity contribution in [2.75, 3.05) is 13.7 Å². The molecule has 0 aliphatic heterocycles. The average molecular weight is 479 g/mol. The Labute approximate surface area is 190 Å². The summed E-state index contributed by atoms with van der Waals surface area (Å²) in [5.74, 6) is -5.62. The van der Waals surface area contributed by atoms with Crippen molar-refractivity contribution in [2.24, 2.45) is 5.92 Å². The van der Waals surface area contributed by atoms with Gasteiger partial charge in [-0.1, -0.05) is 25.5 Å². The molecule has 0 atom stereocenters. The first-order valence-corrected chi connectivity index (χ1v) is 11.0. The second-order valence-electron chi connectivity index (χ2n) is 8.49. The summed E-state index contributed by atoms with van der Waals surface area (Å²) >= 11 is 0. The summed E-state index contributed by atoms with van der Waals surface area (Å²) in [7, 11) is 1.49. The number of hydrogen-bond donors (Lipinski definition) is 2. The average Bonchev–Trinajstić information content (AvgIpc) is 3.58. The van der Waals surface area contributed by atoms with Gasteiger partial charge < -0.3 is 15.4 Å². The number of amides is 2. The Bertz CT molecular complexity index is 851. The van der Waals surface area contributed by atoms with Crippen LogP contribution in [0.25, 0.3) is 0 Å². The summed E-state index contributed by atoms with van der Waals surface area (Å²) in [6.07, 6.45) is 0.0133. The van der Waals surface area contributed by atoms with E-state index in [0.29, 0.717) is 29.6 Å². The first-order valence-electron chi connectivity index (χ1n) is 11.0. The number of allylic oxidation sites excluding steroid dienone is 4. The van der Waals surface area contributed by atoms with Crippen molar-refractivity contribution in [3.05, 3.63) is 34.6 Å². The number of hydrogen-bond acceptors (Lipinski definition) is 3. The van der Waals surface area contributed by atoms with E-state index in [2.05, 4.69) is 10.6 Å². The molecule has 0 saturated heterocycles. The number of rotatable bonds is 9. The van der Waals surface area contributed by atoms with E-state index in [9.17, 15) is 31.5 Å². The first-order chi connectivity index (χ1) is 15.3. The van der Waals surface area contributed by atoms with E-state index in [1.165, 1.54) is 13.1 Å². The highest BCUT2D eigenvalue weighted by Crippen LogP contribution is 2.42. The molecule has 0 heterocycles. The topological polar surface area (TPSA) is 67.4 Å². The lowest BCUT2D eigenvalue weighted by atomic mass is 9.90. The minimum Gasteiger partial charge on any atom is -0.491 e. The molecule has 2 aliphatic rings. The molecule has 1 saturated carbocycles. The van der Waals surface area contributed by atoms with E-state index < -0.39 is 30.2 Å². The lowest BCUT2D eigenvalue weighted by molar-refractivity contribution is -0.294. The Morgan fingerprint density at radius 3 is 2.15 bits per heavy atom. The monoisotopic (exact) mass is 478 g/mol. The predicted molar refractivity (Wildman–Crippen MR) is 113 cm³/mol. The summed E-state index contributed by atoms with van der Waals surface area (Å²) in [5, 5.41) is 5.40. The van der Waals surface area contributed by atoms with Crippen LogP contribution in [0.15, 0.2) is 34.6 Å². The molecule has 2 rings (SSSR count). The molecule has 0 bridgehead atoms. The second kappa shape index (κ2) is 10.3. The molecule has 2 aliphatic carbocycles. The Hall–Kier alpha value is -2.39. The fourth-order valence-corrected chi connectivity index (χ4v) is 3.76. The smallest absolute Gasteiger partial charge is 0.456 e.